The SMILES string of the molecule is C[C@H]1CCC[C@]2(C)CCC(C(C)(C)O)=C[C@@H]12. The zero-order chi connectivity index (χ0) is 12.0. The summed E-state index contributed by atoms with van der Waals surface area (Å²) in [6.45, 7) is 8.68. The van der Waals surface area contributed by atoms with Gasteiger partial charge >= 0.3 is 0 Å². The Morgan fingerprint density at radius 3 is 2.69 bits per heavy atom. The minimum atomic E-state index is -0.613. The van der Waals surface area contributed by atoms with Crippen LogP contribution >= 0.6 is 0 Å². The summed E-state index contributed by atoms with van der Waals surface area (Å²) in [6, 6.07) is 0. The van der Waals surface area contributed by atoms with E-state index in [1.807, 2.05) is 13.8 Å². The molecule has 0 bridgehead atoms. The van der Waals surface area contributed by atoms with E-state index in [1.54, 1.807) is 0 Å². The standard InChI is InChI=1S/C15H26O/c1-11-6-5-8-15(4)9-7-12(10-13(11)15)14(2,3)16/h10-11,13,16H,5-9H2,1-4H3/t11-,13-,15+/m0/s1. The Balaban J connectivity index is 2.28. The van der Waals surface area contributed by atoms with E-state index in [9.17, 15) is 5.11 Å². The maximum atomic E-state index is 10.1. The van der Waals surface area contributed by atoms with Gasteiger partial charge < -0.3 is 5.11 Å². The van der Waals surface area contributed by atoms with Gasteiger partial charge in [-0.05, 0) is 55.9 Å². The molecule has 0 amide bonds. The molecule has 1 fully saturated rings. The van der Waals surface area contributed by atoms with Gasteiger partial charge in [-0.15, -0.1) is 0 Å². The largest absolute Gasteiger partial charge is 0.386 e. The molecule has 2 rings (SSSR count). The first-order valence-corrected chi connectivity index (χ1v) is 6.76. The van der Waals surface area contributed by atoms with Crippen LogP contribution in [0.25, 0.3) is 0 Å². The number of aliphatic hydroxyl groups is 1. The van der Waals surface area contributed by atoms with Crippen LogP contribution in [0.1, 0.15) is 59.8 Å². The molecule has 0 spiro atoms. The van der Waals surface area contributed by atoms with E-state index < -0.39 is 5.60 Å². The molecule has 1 saturated carbocycles. The lowest BCUT2D eigenvalue weighted by molar-refractivity contribution is 0.0604. The van der Waals surface area contributed by atoms with Gasteiger partial charge in [0.15, 0.2) is 0 Å². The summed E-state index contributed by atoms with van der Waals surface area (Å²) < 4.78 is 0. The molecular weight excluding hydrogens is 196 g/mol. The molecule has 2 aliphatic rings. The molecular formula is C15H26O. The van der Waals surface area contributed by atoms with Crippen molar-refractivity contribution in [3.8, 4) is 0 Å². The van der Waals surface area contributed by atoms with Crippen molar-refractivity contribution in [1.82, 2.24) is 0 Å². The van der Waals surface area contributed by atoms with Crippen molar-refractivity contribution in [2.75, 3.05) is 0 Å². The second-order valence-corrected chi connectivity index (χ2v) is 6.80. The van der Waals surface area contributed by atoms with E-state index in [1.165, 1.54) is 31.3 Å². The van der Waals surface area contributed by atoms with Crippen LogP contribution in [0, 0.1) is 17.3 Å². The first kappa shape index (κ1) is 12.2. The van der Waals surface area contributed by atoms with Gasteiger partial charge in [0, 0.05) is 0 Å². The predicted molar refractivity (Wildman–Crippen MR) is 68.2 cm³/mol. The second kappa shape index (κ2) is 3.87. The highest BCUT2D eigenvalue weighted by atomic mass is 16.3. The molecule has 1 N–H and O–H groups in total. The normalized spacial score (nSPS) is 40.2. The Morgan fingerprint density at radius 2 is 2.06 bits per heavy atom. The van der Waals surface area contributed by atoms with Gasteiger partial charge in [-0.3, -0.25) is 0 Å². The molecule has 16 heavy (non-hydrogen) atoms. The summed E-state index contributed by atoms with van der Waals surface area (Å²) in [6.07, 6.45) is 8.88. The van der Waals surface area contributed by atoms with Crippen LogP contribution in [-0.4, -0.2) is 10.7 Å². The third-order valence-electron chi connectivity index (χ3n) is 4.96. The molecule has 1 nitrogen and oxygen atoms in total. The summed E-state index contributed by atoms with van der Waals surface area (Å²) in [5.74, 6) is 1.48. The van der Waals surface area contributed by atoms with Crippen LogP contribution < -0.4 is 0 Å². The molecule has 2 aliphatic carbocycles. The smallest absolute Gasteiger partial charge is 0.0800 e. The first-order chi connectivity index (χ1) is 7.33. The molecule has 1 heteroatoms. The Bertz CT molecular complexity index is 297. The van der Waals surface area contributed by atoms with Crippen LogP contribution in [0.15, 0.2) is 11.6 Å². The average molecular weight is 222 g/mol. The topological polar surface area (TPSA) is 20.2 Å². The Kier molecular flexibility index (Phi) is 2.94. The van der Waals surface area contributed by atoms with Crippen molar-refractivity contribution < 1.29 is 5.11 Å². The molecule has 3 atom stereocenters. The summed E-state index contributed by atoms with van der Waals surface area (Å²) in [5, 5.41) is 10.1. The molecule has 0 aromatic carbocycles. The summed E-state index contributed by atoms with van der Waals surface area (Å²) in [5.41, 5.74) is 1.16. The third-order valence-corrected chi connectivity index (χ3v) is 4.96. The Hall–Kier alpha value is -0.300. The van der Waals surface area contributed by atoms with E-state index in [0.717, 1.165) is 12.3 Å². The first-order valence-electron chi connectivity index (χ1n) is 6.76. The molecule has 0 unspecified atom stereocenters. The number of fused-ring (bicyclic) bond motifs is 1. The Morgan fingerprint density at radius 1 is 1.38 bits per heavy atom. The number of rotatable bonds is 1. The van der Waals surface area contributed by atoms with Crippen molar-refractivity contribution in [3.05, 3.63) is 11.6 Å². The van der Waals surface area contributed by atoms with Crippen molar-refractivity contribution in [2.45, 2.75) is 65.4 Å². The molecule has 0 aromatic rings. The Labute approximate surface area is 99.9 Å². The highest BCUT2D eigenvalue weighted by Gasteiger charge is 2.42. The van der Waals surface area contributed by atoms with Gasteiger partial charge in [-0.1, -0.05) is 32.8 Å². The molecule has 0 heterocycles. The van der Waals surface area contributed by atoms with E-state index >= 15 is 0 Å². The maximum absolute atomic E-state index is 10.1. The van der Waals surface area contributed by atoms with Gasteiger partial charge in [-0.2, -0.15) is 0 Å². The van der Waals surface area contributed by atoms with Crippen LogP contribution in [0.5, 0.6) is 0 Å². The second-order valence-electron chi connectivity index (χ2n) is 6.80. The van der Waals surface area contributed by atoms with E-state index in [-0.39, 0.29) is 0 Å². The minimum Gasteiger partial charge on any atom is -0.386 e. The summed E-state index contributed by atoms with van der Waals surface area (Å²) in [4.78, 5) is 0. The fraction of sp³-hybridized carbons (Fsp3) is 0.867. The average Bonchev–Trinajstić information content (AvgIpc) is 2.15. The van der Waals surface area contributed by atoms with Gasteiger partial charge in [0.25, 0.3) is 0 Å². The number of allylic oxidation sites excluding steroid dienone is 1. The highest BCUT2D eigenvalue weighted by molar-refractivity contribution is 5.21. The van der Waals surface area contributed by atoms with E-state index in [2.05, 4.69) is 19.9 Å². The van der Waals surface area contributed by atoms with Crippen LogP contribution in [0.3, 0.4) is 0 Å². The van der Waals surface area contributed by atoms with Gasteiger partial charge in [0.1, 0.15) is 0 Å². The van der Waals surface area contributed by atoms with E-state index in [0.29, 0.717) is 11.3 Å². The summed E-state index contributed by atoms with van der Waals surface area (Å²) in [7, 11) is 0. The van der Waals surface area contributed by atoms with Gasteiger partial charge in [0.05, 0.1) is 5.60 Å². The minimum absolute atomic E-state index is 0.506. The monoisotopic (exact) mass is 222 g/mol. The zero-order valence-corrected chi connectivity index (χ0v) is 11.2. The van der Waals surface area contributed by atoms with Crippen molar-refractivity contribution in [1.29, 1.82) is 0 Å². The van der Waals surface area contributed by atoms with Crippen molar-refractivity contribution >= 4 is 0 Å². The quantitative estimate of drug-likeness (QED) is 0.667. The summed E-state index contributed by atoms with van der Waals surface area (Å²) >= 11 is 0. The molecule has 92 valence electrons. The van der Waals surface area contributed by atoms with E-state index in [4.69, 9.17) is 0 Å². The van der Waals surface area contributed by atoms with Crippen LogP contribution in [0.2, 0.25) is 0 Å². The van der Waals surface area contributed by atoms with Crippen molar-refractivity contribution in [2.24, 2.45) is 17.3 Å². The third kappa shape index (κ3) is 2.07. The lowest BCUT2D eigenvalue weighted by atomic mass is 9.57. The fourth-order valence-electron chi connectivity index (χ4n) is 3.75. The lowest BCUT2D eigenvalue weighted by Crippen LogP contribution is -2.39. The highest BCUT2D eigenvalue weighted by Crippen LogP contribution is 2.52. The number of hydrogen-bond acceptors (Lipinski definition) is 1. The van der Waals surface area contributed by atoms with Gasteiger partial charge in [0.2, 0.25) is 0 Å². The molecule has 0 aromatic heterocycles. The zero-order valence-electron chi connectivity index (χ0n) is 11.2. The number of hydrogen-bond donors (Lipinski definition) is 1. The van der Waals surface area contributed by atoms with Gasteiger partial charge in [-0.25, -0.2) is 0 Å². The molecule has 0 radical (unpaired) electrons. The van der Waals surface area contributed by atoms with Crippen LogP contribution in [-0.2, 0) is 0 Å². The fourth-order valence-corrected chi connectivity index (χ4v) is 3.75. The van der Waals surface area contributed by atoms with Crippen molar-refractivity contribution in [3.63, 3.8) is 0 Å². The van der Waals surface area contributed by atoms with Crippen LogP contribution in [0.4, 0.5) is 0 Å². The molecule has 0 aliphatic heterocycles. The lowest BCUT2D eigenvalue weighted by Gasteiger charge is -2.48. The molecule has 0 saturated heterocycles. The maximum Gasteiger partial charge on any atom is 0.0800 e. The predicted octanol–water partition coefficient (Wildman–Crippen LogP) is 3.92.